The Bertz CT molecular complexity index is 917. The maximum Gasteiger partial charge on any atom is 0.308 e. The van der Waals surface area contributed by atoms with E-state index in [9.17, 15) is 9.90 Å². The van der Waals surface area contributed by atoms with Gasteiger partial charge in [0.25, 0.3) is 8.32 Å². The van der Waals surface area contributed by atoms with E-state index < -0.39 is 26.1 Å². The number of hydrogen-bond donors (Lipinski definition) is 1. The second-order valence-corrected chi connectivity index (χ2v) is 14.9. The lowest BCUT2D eigenvalue weighted by Crippen LogP contribution is -2.68. The first-order valence-electron chi connectivity index (χ1n) is 11.8. The average Bonchev–Trinajstić information content (AvgIpc) is 3.13. The largest absolute Gasteiger partial charge is 0.456 e. The zero-order chi connectivity index (χ0) is 24.3. The van der Waals surface area contributed by atoms with Crippen LogP contribution in [0.25, 0.3) is 0 Å². The molecule has 1 aliphatic rings. The van der Waals surface area contributed by atoms with Gasteiger partial charge in [-0.2, -0.15) is 0 Å². The van der Waals surface area contributed by atoms with E-state index in [0.717, 1.165) is 16.8 Å². The van der Waals surface area contributed by atoms with Gasteiger partial charge in [-0.15, -0.1) is 0 Å². The lowest BCUT2D eigenvalue weighted by molar-refractivity contribution is -0.155. The number of allylic oxidation sites excluding steroid dienone is 2. The third-order valence-electron chi connectivity index (χ3n) is 6.52. The molecule has 4 nitrogen and oxygen atoms in total. The van der Waals surface area contributed by atoms with Crippen molar-refractivity contribution in [3.63, 3.8) is 0 Å². The highest BCUT2D eigenvalue weighted by molar-refractivity contribution is 6.99. The molecule has 2 aromatic rings. The molecule has 1 aliphatic heterocycles. The molecule has 0 aliphatic carbocycles. The van der Waals surface area contributed by atoms with Gasteiger partial charge in [0.05, 0.1) is 12.5 Å². The van der Waals surface area contributed by atoms with E-state index in [1.54, 1.807) is 6.92 Å². The molecule has 1 heterocycles. The van der Waals surface area contributed by atoms with Gasteiger partial charge in [-0.3, -0.25) is 4.79 Å². The highest BCUT2D eigenvalue weighted by Crippen LogP contribution is 2.41. The predicted octanol–water partition coefficient (Wildman–Crippen LogP) is 4.74. The monoisotopic (exact) mass is 466 g/mol. The first-order valence-corrected chi connectivity index (χ1v) is 13.7. The van der Waals surface area contributed by atoms with Crippen molar-refractivity contribution in [1.82, 2.24) is 0 Å². The Morgan fingerprint density at radius 3 is 2.00 bits per heavy atom. The van der Waals surface area contributed by atoms with Crippen molar-refractivity contribution in [2.24, 2.45) is 0 Å². The van der Waals surface area contributed by atoms with Crippen LogP contribution in [0.1, 0.15) is 60.8 Å². The van der Waals surface area contributed by atoms with E-state index in [2.05, 4.69) is 51.1 Å². The molecule has 0 saturated carbocycles. The van der Waals surface area contributed by atoms with Crippen LogP contribution in [0.15, 0.2) is 72.3 Å². The minimum atomic E-state index is -2.87. The first-order chi connectivity index (χ1) is 15.5. The summed E-state index contributed by atoms with van der Waals surface area (Å²) in [5.74, 6) is -0.314. The summed E-state index contributed by atoms with van der Waals surface area (Å²) in [4.78, 5) is 12.5. The van der Waals surface area contributed by atoms with Gasteiger partial charge >= 0.3 is 5.97 Å². The summed E-state index contributed by atoms with van der Waals surface area (Å²) in [6.07, 6.45) is 2.23. The van der Waals surface area contributed by atoms with Gasteiger partial charge in [0.15, 0.2) is 6.10 Å². The molecule has 0 spiro atoms. The molecule has 33 heavy (non-hydrogen) atoms. The minimum Gasteiger partial charge on any atom is -0.456 e. The van der Waals surface area contributed by atoms with Crippen LogP contribution in [0.4, 0.5) is 0 Å². The number of rotatable bonds is 8. The summed E-state index contributed by atoms with van der Waals surface area (Å²) in [5.41, 5.74) is 0.0167. The van der Waals surface area contributed by atoms with Crippen molar-refractivity contribution in [1.29, 1.82) is 0 Å². The Balaban J connectivity index is 2.07. The number of ether oxygens (including phenoxy) is 1. The van der Waals surface area contributed by atoms with Gasteiger partial charge in [-0.05, 0) is 49.0 Å². The highest BCUT2D eigenvalue weighted by atomic mass is 28.4. The van der Waals surface area contributed by atoms with E-state index in [1.807, 2.05) is 50.2 Å². The lowest BCUT2D eigenvalue weighted by Gasteiger charge is -2.46. The average molecular weight is 467 g/mol. The number of aliphatic hydroxyl groups is 1. The highest BCUT2D eigenvalue weighted by Gasteiger charge is 2.56. The molecule has 1 N–H and O–H groups in total. The molecule has 1 saturated heterocycles. The third kappa shape index (κ3) is 5.48. The van der Waals surface area contributed by atoms with Crippen molar-refractivity contribution in [2.45, 2.75) is 83.7 Å². The van der Waals surface area contributed by atoms with Crippen LogP contribution in [0.5, 0.6) is 0 Å². The summed E-state index contributed by atoms with van der Waals surface area (Å²) in [5, 5.41) is 13.5. The molecule has 178 valence electrons. The fraction of sp³-hybridized carbons (Fsp3) is 0.464. The Kier molecular flexibility index (Phi) is 7.67. The molecule has 1 fully saturated rings. The normalized spacial score (nSPS) is 20.8. The van der Waals surface area contributed by atoms with E-state index in [0.29, 0.717) is 6.42 Å². The van der Waals surface area contributed by atoms with Crippen LogP contribution < -0.4 is 10.4 Å². The maximum absolute atomic E-state index is 12.5. The van der Waals surface area contributed by atoms with Crippen molar-refractivity contribution in [3.8, 4) is 0 Å². The standard InChI is InChI=1S/C28H38O4Si/c1-21(2)14-13-19-28(6,30)26-24(20-25(29)31-26)32-33(27(3,4)5,22-15-9-7-10-16-22)23-17-11-8-12-18-23/h7-12,14-18,24,26,30H,13,19-20H2,1-6H3/t24-,26-,28-/m0/s1. The maximum atomic E-state index is 12.5. The zero-order valence-corrected chi connectivity index (χ0v) is 21.8. The number of benzene rings is 2. The topological polar surface area (TPSA) is 55.8 Å². The molecular formula is C28H38O4Si. The molecule has 0 bridgehead atoms. The molecule has 0 unspecified atom stereocenters. The summed E-state index contributed by atoms with van der Waals surface area (Å²) in [6, 6.07) is 20.7. The van der Waals surface area contributed by atoms with Gasteiger partial charge in [-0.1, -0.05) is 93.1 Å². The quantitative estimate of drug-likeness (QED) is 0.347. The third-order valence-corrected chi connectivity index (χ3v) is 11.6. The van der Waals surface area contributed by atoms with E-state index in [1.165, 1.54) is 5.57 Å². The number of esters is 1. The van der Waals surface area contributed by atoms with E-state index >= 15 is 0 Å². The van der Waals surface area contributed by atoms with E-state index in [-0.39, 0.29) is 17.4 Å². The van der Waals surface area contributed by atoms with Crippen LogP contribution in [0, 0.1) is 0 Å². The SMILES string of the molecule is CC(C)=CCC[C@](C)(O)[C@H]1OC(=O)C[C@@H]1O[Si](c1ccccc1)(c1ccccc1)C(C)(C)C. The molecular weight excluding hydrogens is 428 g/mol. The number of cyclic esters (lactones) is 1. The molecule has 3 atom stereocenters. The summed E-state index contributed by atoms with van der Waals surface area (Å²) < 4.78 is 12.9. The summed E-state index contributed by atoms with van der Waals surface area (Å²) >= 11 is 0. The zero-order valence-electron chi connectivity index (χ0n) is 20.8. The second-order valence-electron chi connectivity index (χ2n) is 10.6. The van der Waals surface area contributed by atoms with Gasteiger partial charge in [0, 0.05) is 0 Å². The first kappa shape index (κ1) is 25.4. The molecule has 0 aromatic heterocycles. The van der Waals surface area contributed by atoms with Crippen LogP contribution in [-0.4, -0.2) is 37.2 Å². The number of carbonyl (C=O) groups is 1. The molecule has 5 heteroatoms. The predicted molar refractivity (Wildman–Crippen MR) is 136 cm³/mol. The minimum absolute atomic E-state index is 0.147. The van der Waals surface area contributed by atoms with Crippen LogP contribution in [-0.2, 0) is 14.0 Å². The Hall–Kier alpha value is -2.21. The van der Waals surface area contributed by atoms with Crippen LogP contribution in [0.3, 0.4) is 0 Å². The summed E-state index contributed by atoms with van der Waals surface area (Å²) in [6.45, 7) is 12.5. The number of carbonyl (C=O) groups excluding carboxylic acids is 1. The van der Waals surface area contributed by atoms with Crippen molar-refractivity contribution in [3.05, 3.63) is 72.3 Å². The molecule has 2 aromatic carbocycles. The van der Waals surface area contributed by atoms with Crippen LogP contribution >= 0.6 is 0 Å². The number of hydrogen-bond acceptors (Lipinski definition) is 4. The second kappa shape index (κ2) is 9.96. The molecule has 0 amide bonds. The van der Waals surface area contributed by atoms with Gasteiger partial charge in [0.2, 0.25) is 0 Å². The Labute approximate surface area is 199 Å². The molecule has 0 radical (unpaired) electrons. The smallest absolute Gasteiger partial charge is 0.308 e. The lowest BCUT2D eigenvalue weighted by atomic mass is 9.90. The Morgan fingerprint density at radius 1 is 1.03 bits per heavy atom. The van der Waals surface area contributed by atoms with Crippen LogP contribution in [0.2, 0.25) is 5.04 Å². The van der Waals surface area contributed by atoms with Crippen molar-refractivity contribution >= 4 is 24.7 Å². The van der Waals surface area contributed by atoms with Crippen molar-refractivity contribution < 1.29 is 19.1 Å². The van der Waals surface area contributed by atoms with E-state index in [4.69, 9.17) is 9.16 Å². The van der Waals surface area contributed by atoms with Gasteiger partial charge in [0.1, 0.15) is 5.60 Å². The van der Waals surface area contributed by atoms with Crippen molar-refractivity contribution in [2.75, 3.05) is 0 Å². The fourth-order valence-corrected chi connectivity index (χ4v) is 9.56. The van der Waals surface area contributed by atoms with Gasteiger partial charge in [-0.25, -0.2) is 0 Å². The molecule has 3 rings (SSSR count). The summed E-state index contributed by atoms with van der Waals surface area (Å²) in [7, 11) is -2.87. The fourth-order valence-electron chi connectivity index (χ4n) is 4.88. The van der Waals surface area contributed by atoms with Gasteiger partial charge < -0.3 is 14.3 Å². The Morgan fingerprint density at radius 2 is 1.55 bits per heavy atom.